The van der Waals surface area contributed by atoms with Crippen molar-refractivity contribution in [3.05, 3.63) is 139 Å². The molecule has 0 unspecified atom stereocenters. The molecule has 0 bridgehead atoms. The Labute approximate surface area is 230 Å². The number of aromatic nitrogens is 1. The number of nitrogens with zero attached hydrogens (tertiary/aromatic N) is 2. The van der Waals surface area contributed by atoms with Crippen molar-refractivity contribution in [2.75, 3.05) is 0 Å². The average molecular weight is 511 g/mol. The zero-order valence-corrected chi connectivity index (χ0v) is 21.5. The summed E-state index contributed by atoms with van der Waals surface area (Å²) in [5.41, 5.74) is 10.3. The minimum atomic E-state index is 0.653. The van der Waals surface area contributed by atoms with Crippen LogP contribution in [0.5, 0.6) is 0 Å². The molecule has 0 saturated carbocycles. The summed E-state index contributed by atoms with van der Waals surface area (Å²) < 4.78 is 8.46. The Kier molecular flexibility index (Phi) is 4.89. The second-order valence-electron chi connectivity index (χ2n) is 10.1. The molecule has 8 rings (SSSR count). The Hall–Kier alpha value is -5.59. The molecule has 0 N–H and O–H groups in total. The quantitative estimate of drug-likeness (QED) is 0.237. The van der Waals surface area contributed by atoms with Crippen molar-refractivity contribution in [3.8, 4) is 34.0 Å². The van der Waals surface area contributed by atoms with E-state index in [0.717, 1.165) is 49.9 Å². The van der Waals surface area contributed by atoms with E-state index in [4.69, 9.17) is 4.42 Å². The lowest BCUT2D eigenvalue weighted by Crippen LogP contribution is -1.96. The summed E-state index contributed by atoms with van der Waals surface area (Å²) in [7, 11) is 0. The van der Waals surface area contributed by atoms with Crippen LogP contribution in [0.25, 0.3) is 71.7 Å². The van der Waals surface area contributed by atoms with Crippen LogP contribution in [0.2, 0.25) is 0 Å². The maximum atomic E-state index is 9.35. The molecule has 0 amide bonds. The largest absolute Gasteiger partial charge is 0.456 e. The second kappa shape index (κ2) is 8.73. The van der Waals surface area contributed by atoms with Gasteiger partial charge in [-0.25, -0.2) is 0 Å². The Morgan fingerprint density at radius 1 is 0.475 bits per heavy atom. The molecule has 0 aliphatic heterocycles. The average Bonchev–Trinajstić information content (AvgIpc) is 3.56. The molecule has 0 fully saturated rings. The first-order chi connectivity index (χ1) is 19.8. The number of hydrogen-bond donors (Lipinski definition) is 0. The van der Waals surface area contributed by atoms with E-state index in [0.29, 0.717) is 5.56 Å². The van der Waals surface area contributed by atoms with E-state index in [9.17, 15) is 5.26 Å². The molecule has 2 heterocycles. The van der Waals surface area contributed by atoms with Gasteiger partial charge < -0.3 is 8.98 Å². The van der Waals surface area contributed by atoms with E-state index in [1.54, 1.807) is 0 Å². The first kappa shape index (κ1) is 22.4. The normalized spacial score (nSPS) is 11.5. The van der Waals surface area contributed by atoms with Crippen molar-refractivity contribution < 1.29 is 4.42 Å². The van der Waals surface area contributed by atoms with Gasteiger partial charge in [-0.15, -0.1) is 0 Å². The molecule has 186 valence electrons. The lowest BCUT2D eigenvalue weighted by atomic mass is 9.96. The molecule has 0 aliphatic carbocycles. The van der Waals surface area contributed by atoms with Gasteiger partial charge in [0, 0.05) is 27.2 Å². The van der Waals surface area contributed by atoms with E-state index in [1.807, 2.05) is 36.4 Å². The lowest BCUT2D eigenvalue weighted by molar-refractivity contribution is 0.669. The molecule has 0 spiro atoms. The SMILES string of the molecule is N#Cc1ccc(-c2cc(-c3ccc4oc5ccccc5c4c3)cc(-n3c4ccccc4c4ccccc43)c2)cc1. The number of rotatable bonds is 3. The zero-order chi connectivity index (χ0) is 26.6. The second-order valence-corrected chi connectivity index (χ2v) is 10.1. The summed E-state index contributed by atoms with van der Waals surface area (Å²) in [4.78, 5) is 0. The minimum absolute atomic E-state index is 0.653. The van der Waals surface area contributed by atoms with Gasteiger partial charge in [-0.05, 0) is 82.9 Å². The fourth-order valence-electron chi connectivity index (χ4n) is 5.92. The molecular weight excluding hydrogens is 488 g/mol. The lowest BCUT2D eigenvalue weighted by Gasteiger charge is -2.14. The van der Waals surface area contributed by atoms with E-state index < -0.39 is 0 Å². The first-order valence-electron chi connectivity index (χ1n) is 13.3. The highest BCUT2D eigenvalue weighted by molar-refractivity contribution is 6.09. The molecule has 0 radical (unpaired) electrons. The maximum absolute atomic E-state index is 9.35. The van der Waals surface area contributed by atoms with E-state index >= 15 is 0 Å². The highest BCUT2D eigenvalue weighted by Gasteiger charge is 2.15. The summed E-state index contributed by atoms with van der Waals surface area (Å²) in [5.74, 6) is 0. The van der Waals surface area contributed by atoms with Gasteiger partial charge in [-0.3, -0.25) is 0 Å². The van der Waals surface area contributed by atoms with Crippen molar-refractivity contribution >= 4 is 43.7 Å². The number of furan rings is 1. The number of benzene rings is 6. The number of hydrogen-bond acceptors (Lipinski definition) is 2. The van der Waals surface area contributed by atoms with Crippen LogP contribution in [-0.4, -0.2) is 4.57 Å². The third-order valence-electron chi connectivity index (χ3n) is 7.81. The topological polar surface area (TPSA) is 41.9 Å². The summed E-state index contributed by atoms with van der Waals surface area (Å²) >= 11 is 0. The van der Waals surface area contributed by atoms with Gasteiger partial charge in [0.25, 0.3) is 0 Å². The number of nitriles is 1. The van der Waals surface area contributed by atoms with Gasteiger partial charge in [0.05, 0.1) is 22.7 Å². The molecule has 2 aromatic heterocycles. The highest BCUT2D eigenvalue weighted by Crippen LogP contribution is 2.38. The molecule has 6 aromatic carbocycles. The molecule has 0 aliphatic rings. The number of para-hydroxylation sites is 3. The molecule has 0 saturated heterocycles. The standard InChI is InChI=1S/C37H22N2O/c38-23-24-13-15-25(16-14-24)27-19-28(26-17-18-37-33(22-26)32-9-3-6-12-36(32)40-37)21-29(20-27)39-34-10-4-1-7-30(34)31-8-2-5-11-35(31)39/h1-22H. The van der Waals surface area contributed by atoms with Crippen LogP contribution >= 0.6 is 0 Å². The van der Waals surface area contributed by atoms with Crippen molar-refractivity contribution in [1.82, 2.24) is 4.57 Å². The molecule has 40 heavy (non-hydrogen) atoms. The molecule has 8 aromatic rings. The predicted octanol–water partition coefficient (Wildman–Crippen LogP) is 9.89. The van der Waals surface area contributed by atoms with E-state index in [-0.39, 0.29) is 0 Å². The molecular formula is C37H22N2O. The Bertz CT molecular complexity index is 2220. The highest BCUT2D eigenvalue weighted by atomic mass is 16.3. The summed E-state index contributed by atoms with van der Waals surface area (Å²) in [6.45, 7) is 0. The smallest absolute Gasteiger partial charge is 0.135 e. The summed E-state index contributed by atoms with van der Waals surface area (Å²) in [6.07, 6.45) is 0. The fraction of sp³-hybridized carbons (Fsp3) is 0. The Morgan fingerprint density at radius 2 is 1.05 bits per heavy atom. The van der Waals surface area contributed by atoms with Crippen LogP contribution < -0.4 is 0 Å². The third kappa shape index (κ3) is 3.44. The van der Waals surface area contributed by atoms with Crippen LogP contribution in [0.15, 0.2) is 138 Å². The maximum Gasteiger partial charge on any atom is 0.135 e. The van der Waals surface area contributed by atoms with Crippen LogP contribution in [0.1, 0.15) is 5.56 Å². The third-order valence-corrected chi connectivity index (χ3v) is 7.81. The van der Waals surface area contributed by atoms with Gasteiger partial charge >= 0.3 is 0 Å². The Morgan fingerprint density at radius 3 is 1.75 bits per heavy atom. The van der Waals surface area contributed by atoms with Crippen LogP contribution in [-0.2, 0) is 0 Å². The first-order valence-corrected chi connectivity index (χ1v) is 13.3. The van der Waals surface area contributed by atoms with Gasteiger partial charge in [0.1, 0.15) is 11.2 Å². The van der Waals surface area contributed by atoms with Crippen LogP contribution in [0.4, 0.5) is 0 Å². The molecule has 3 nitrogen and oxygen atoms in total. The van der Waals surface area contributed by atoms with Crippen LogP contribution in [0.3, 0.4) is 0 Å². The van der Waals surface area contributed by atoms with Crippen LogP contribution in [0, 0.1) is 11.3 Å². The minimum Gasteiger partial charge on any atom is -0.456 e. The van der Waals surface area contributed by atoms with Gasteiger partial charge in [-0.1, -0.05) is 72.8 Å². The van der Waals surface area contributed by atoms with Crippen molar-refractivity contribution in [3.63, 3.8) is 0 Å². The Balaban J connectivity index is 1.42. The van der Waals surface area contributed by atoms with Gasteiger partial charge in [0.2, 0.25) is 0 Å². The van der Waals surface area contributed by atoms with E-state index in [1.165, 1.54) is 21.8 Å². The van der Waals surface area contributed by atoms with E-state index in [2.05, 4.69) is 108 Å². The molecule has 0 atom stereocenters. The number of fused-ring (bicyclic) bond motifs is 6. The van der Waals surface area contributed by atoms with Crippen molar-refractivity contribution in [2.24, 2.45) is 0 Å². The monoisotopic (exact) mass is 510 g/mol. The summed E-state index contributed by atoms with van der Waals surface area (Å²) in [5, 5.41) is 14.0. The van der Waals surface area contributed by atoms with Gasteiger partial charge in [-0.2, -0.15) is 5.26 Å². The zero-order valence-electron chi connectivity index (χ0n) is 21.5. The fourth-order valence-corrected chi connectivity index (χ4v) is 5.92. The molecule has 3 heteroatoms. The van der Waals surface area contributed by atoms with Gasteiger partial charge in [0.15, 0.2) is 0 Å². The predicted molar refractivity (Wildman–Crippen MR) is 164 cm³/mol. The van der Waals surface area contributed by atoms with Crippen molar-refractivity contribution in [1.29, 1.82) is 5.26 Å². The van der Waals surface area contributed by atoms with Crippen molar-refractivity contribution in [2.45, 2.75) is 0 Å². The summed E-state index contributed by atoms with van der Waals surface area (Å²) in [6, 6.07) is 48.6.